The van der Waals surface area contributed by atoms with Crippen molar-refractivity contribution < 1.29 is 0 Å². The van der Waals surface area contributed by atoms with Crippen molar-refractivity contribution in [2.24, 2.45) is 5.92 Å². The first-order chi connectivity index (χ1) is 6.35. The van der Waals surface area contributed by atoms with Crippen LogP contribution in [0.2, 0.25) is 0 Å². The average Bonchev–Trinajstić information content (AvgIpc) is 2.51. The molecule has 3 heteroatoms. The molecule has 0 saturated carbocycles. The van der Waals surface area contributed by atoms with E-state index in [-0.39, 0.29) is 5.54 Å². The fourth-order valence-corrected chi connectivity index (χ4v) is 1.44. The molecule has 0 N–H and O–H groups in total. The molecule has 1 atom stereocenters. The lowest BCUT2D eigenvalue weighted by atomic mass is 9.91. The highest BCUT2D eigenvalue weighted by atomic mass is 127. The number of alkyl halides is 1. The van der Waals surface area contributed by atoms with E-state index in [0.717, 1.165) is 0 Å². The second kappa shape index (κ2) is 4.21. The predicted octanol–water partition coefficient (Wildman–Crippen LogP) is 3.77. The monoisotopic (exact) mass is 306 g/mol. The van der Waals surface area contributed by atoms with Crippen molar-refractivity contribution in [3.8, 4) is 0 Å². The minimum atomic E-state index is 0.101. The molecule has 1 heterocycles. The van der Waals surface area contributed by atoms with Crippen molar-refractivity contribution in [1.29, 1.82) is 0 Å². The summed E-state index contributed by atoms with van der Waals surface area (Å²) in [6.07, 6.45) is 4.14. The van der Waals surface area contributed by atoms with Crippen LogP contribution < -0.4 is 0 Å². The Kier molecular flexibility index (Phi) is 3.61. The summed E-state index contributed by atoms with van der Waals surface area (Å²) in [5.74, 6) is 0.583. The van der Waals surface area contributed by atoms with Crippen LogP contribution in [0.4, 0.5) is 0 Å². The Hall–Kier alpha value is -0.0600. The van der Waals surface area contributed by atoms with Crippen molar-refractivity contribution in [2.75, 3.05) is 0 Å². The Morgan fingerprint density at radius 1 is 1.36 bits per heavy atom. The van der Waals surface area contributed by atoms with Gasteiger partial charge in [0.2, 0.25) is 0 Å². The number of hydrogen-bond donors (Lipinski definition) is 0. The van der Waals surface area contributed by atoms with Gasteiger partial charge in [-0.2, -0.15) is 5.10 Å². The zero-order valence-electron chi connectivity index (χ0n) is 9.58. The van der Waals surface area contributed by atoms with Crippen molar-refractivity contribution in [3.05, 3.63) is 18.0 Å². The molecule has 0 aliphatic heterocycles. The van der Waals surface area contributed by atoms with Gasteiger partial charge in [-0.3, -0.25) is 4.68 Å². The summed E-state index contributed by atoms with van der Waals surface area (Å²) in [4.78, 5) is 0. The van der Waals surface area contributed by atoms with Crippen LogP contribution in [0.15, 0.2) is 12.4 Å². The minimum absolute atomic E-state index is 0.101. The topological polar surface area (TPSA) is 17.8 Å². The van der Waals surface area contributed by atoms with Crippen LogP contribution in [0, 0.1) is 5.92 Å². The molecule has 14 heavy (non-hydrogen) atoms. The number of rotatable bonds is 3. The molecule has 1 aromatic heterocycles. The van der Waals surface area contributed by atoms with E-state index < -0.39 is 0 Å². The standard InChI is InChI=1S/C11H19IN2/c1-8(2)11(4,5)14-7-10(6-13-14)9(3)12/h6-9H,1-5H3/t9-/m0/s1. The lowest BCUT2D eigenvalue weighted by molar-refractivity contribution is 0.225. The van der Waals surface area contributed by atoms with Crippen molar-refractivity contribution >= 4 is 22.6 Å². The van der Waals surface area contributed by atoms with Gasteiger partial charge >= 0.3 is 0 Å². The molecule has 0 bridgehead atoms. The second-order valence-electron chi connectivity index (χ2n) is 4.64. The largest absolute Gasteiger partial charge is 0.267 e. The molecule has 0 amide bonds. The van der Waals surface area contributed by atoms with Gasteiger partial charge in [0.15, 0.2) is 0 Å². The SMILES string of the molecule is CC(C)C(C)(C)n1cc([C@H](C)I)cn1. The molecule has 1 aromatic rings. The summed E-state index contributed by atoms with van der Waals surface area (Å²) in [7, 11) is 0. The maximum absolute atomic E-state index is 4.44. The van der Waals surface area contributed by atoms with E-state index in [1.165, 1.54) is 5.56 Å². The van der Waals surface area contributed by atoms with E-state index in [1.54, 1.807) is 0 Å². The fraction of sp³-hybridized carbons (Fsp3) is 0.727. The van der Waals surface area contributed by atoms with E-state index in [4.69, 9.17) is 0 Å². The van der Waals surface area contributed by atoms with E-state index >= 15 is 0 Å². The fourth-order valence-electron chi connectivity index (χ4n) is 1.12. The van der Waals surface area contributed by atoms with Crippen molar-refractivity contribution in [1.82, 2.24) is 9.78 Å². The molecule has 0 radical (unpaired) electrons. The van der Waals surface area contributed by atoms with Crippen molar-refractivity contribution in [2.45, 2.75) is 44.1 Å². The van der Waals surface area contributed by atoms with E-state index in [1.807, 2.05) is 6.20 Å². The quantitative estimate of drug-likeness (QED) is 0.614. The first kappa shape index (κ1) is 12.0. The maximum atomic E-state index is 4.44. The third-order valence-corrected chi connectivity index (χ3v) is 3.78. The summed E-state index contributed by atoms with van der Waals surface area (Å²) in [6.45, 7) is 11.1. The minimum Gasteiger partial charge on any atom is -0.267 e. The maximum Gasteiger partial charge on any atom is 0.0594 e. The first-order valence-electron chi connectivity index (χ1n) is 5.04. The Bertz CT molecular complexity index is 300. The summed E-state index contributed by atoms with van der Waals surface area (Å²) in [5.41, 5.74) is 1.41. The highest BCUT2D eigenvalue weighted by molar-refractivity contribution is 14.1. The third kappa shape index (κ3) is 2.30. The van der Waals surface area contributed by atoms with Gasteiger partial charge in [-0.1, -0.05) is 36.4 Å². The molecular weight excluding hydrogens is 287 g/mol. The average molecular weight is 306 g/mol. The van der Waals surface area contributed by atoms with Gasteiger partial charge in [-0.15, -0.1) is 0 Å². The summed E-state index contributed by atoms with van der Waals surface area (Å²) < 4.78 is 2.62. The lowest BCUT2D eigenvalue weighted by Crippen LogP contribution is -2.32. The molecule has 0 aromatic carbocycles. The smallest absolute Gasteiger partial charge is 0.0594 e. The molecule has 1 rings (SSSR count). The number of hydrogen-bond acceptors (Lipinski definition) is 1. The van der Waals surface area contributed by atoms with Crippen LogP contribution in [0.5, 0.6) is 0 Å². The Labute approximate surface area is 100 Å². The van der Waals surface area contributed by atoms with Crippen LogP contribution in [0.3, 0.4) is 0 Å². The molecule has 0 saturated heterocycles. The van der Waals surface area contributed by atoms with Crippen LogP contribution in [0.1, 0.15) is 44.1 Å². The van der Waals surface area contributed by atoms with Crippen LogP contribution in [-0.2, 0) is 5.54 Å². The van der Waals surface area contributed by atoms with Gasteiger partial charge in [-0.25, -0.2) is 0 Å². The van der Waals surface area contributed by atoms with Gasteiger partial charge in [0.1, 0.15) is 0 Å². The van der Waals surface area contributed by atoms with Crippen molar-refractivity contribution in [3.63, 3.8) is 0 Å². The Morgan fingerprint density at radius 2 is 1.93 bits per heavy atom. The number of aromatic nitrogens is 2. The zero-order chi connectivity index (χ0) is 10.9. The number of halogens is 1. The van der Waals surface area contributed by atoms with Gasteiger partial charge in [0.25, 0.3) is 0 Å². The van der Waals surface area contributed by atoms with E-state index in [9.17, 15) is 0 Å². The van der Waals surface area contributed by atoms with Crippen LogP contribution >= 0.6 is 22.6 Å². The normalized spacial score (nSPS) is 14.8. The summed E-state index contributed by atoms with van der Waals surface area (Å²) in [5, 5.41) is 4.44. The predicted molar refractivity (Wildman–Crippen MR) is 68.8 cm³/mol. The Balaban J connectivity index is 2.97. The summed E-state index contributed by atoms with van der Waals surface area (Å²) in [6, 6.07) is 0. The van der Waals surface area contributed by atoms with Crippen LogP contribution in [0.25, 0.3) is 0 Å². The molecule has 0 spiro atoms. The number of nitrogens with zero attached hydrogens (tertiary/aromatic N) is 2. The molecule has 80 valence electrons. The molecule has 0 aliphatic rings. The van der Waals surface area contributed by atoms with E-state index in [2.05, 4.69) is 73.2 Å². The molecule has 0 fully saturated rings. The molecular formula is C11H19IN2. The summed E-state index contributed by atoms with van der Waals surface area (Å²) >= 11 is 2.41. The lowest BCUT2D eigenvalue weighted by Gasteiger charge is -2.29. The highest BCUT2D eigenvalue weighted by Crippen LogP contribution is 2.27. The van der Waals surface area contributed by atoms with Gasteiger partial charge < -0.3 is 0 Å². The Morgan fingerprint density at radius 3 is 2.29 bits per heavy atom. The van der Waals surface area contributed by atoms with Gasteiger partial charge in [-0.05, 0) is 26.7 Å². The molecule has 0 unspecified atom stereocenters. The second-order valence-corrected chi connectivity index (χ2v) is 6.51. The third-order valence-electron chi connectivity index (χ3n) is 3.07. The first-order valence-corrected chi connectivity index (χ1v) is 6.29. The zero-order valence-corrected chi connectivity index (χ0v) is 11.7. The molecule has 2 nitrogen and oxygen atoms in total. The van der Waals surface area contributed by atoms with Crippen LogP contribution in [-0.4, -0.2) is 9.78 Å². The van der Waals surface area contributed by atoms with E-state index in [0.29, 0.717) is 9.84 Å². The van der Waals surface area contributed by atoms with Gasteiger partial charge in [0, 0.05) is 15.7 Å². The van der Waals surface area contributed by atoms with Gasteiger partial charge in [0.05, 0.1) is 11.7 Å². The highest BCUT2D eigenvalue weighted by Gasteiger charge is 2.25. The molecule has 0 aliphatic carbocycles.